The number of carbonyl (C=O) groups excluding carboxylic acids is 2. The summed E-state index contributed by atoms with van der Waals surface area (Å²) in [4.78, 5) is 22.2. The fourth-order valence-electron chi connectivity index (χ4n) is 1.98. The number of carbonyl (C=O) groups is 2. The van der Waals surface area contributed by atoms with Gasteiger partial charge in [0, 0.05) is 11.4 Å². The fraction of sp³-hybridized carbons (Fsp3) is 0.412. The Bertz CT molecular complexity index is 503. The molecule has 0 N–H and O–H groups in total. The Labute approximate surface area is 130 Å². The number of hydrogen-bond acceptors (Lipinski definition) is 3. The smallest absolute Gasteiger partial charge is 0.374 e. The molecule has 0 aliphatic carbocycles. The second-order valence-corrected chi connectivity index (χ2v) is 5.42. The number of benzene rings is 1. The van der Waals surface area contributed by atoms with E-state index < -0.39 is 11.8 Å². The summed E-state index contributed by atoms with van der Waals surface area (Å²) in [6.45, 7) is 2.05. The number of ether oxygens (including phenoxy) is 1. The van der Waals surface area contributed by atoms with Crippen molar-refractivity contribution in [2.75, 3.05) is 7.11 Å². The molecule has 21 heavy (non-hydrogen) atoms. The normalized spacial score (nSPS) is 11.3. The van der Waals surface area contributed by atoms with Crippen LogP contribution in [0.3, 0.4) is 0 Å². The minimum atomic E-state index is -0.751. The maximum Gasteiger partial charge on any atom is 0.374 e. The van der Waals surface area contributed by atoms with E-state index in [0.717, 1.165) is 24.3 Å². The van der Waals surface area contributed by atoms with Crippen LogP contribution in [0.4, 0.5) is 0 Å². The number of hydrogen-bond donors (Lipinski definition) is 0. The summed E-state index contributed by atoms with van der Waals surface area (Å²) < 4.78 is 4.38. The lowest BCUT2D eigenvalue weighted by molar-refractivity contribution is -0.151. The van der Waals surface area contributed by atoms with Crippen LogP contribution in [0.25, 0.3) is 0 Å². The lowest BCUT2D eigenvalue weighted by Gasteiger charge is -2.02. The van der Waals surface area contributed by atoms with E-state index in [-0.39, 0.29) is 6.42 Å². The minimum Gasteiger partial charge on any atom is -0.463 e. The Balaban J connectivity index is 2.25. The summed E-state index contributed by atoms with van der Waals surface area (Å²) in [5.74, 6) is -1.20. The molecule has 0 aliphatic heterocycles. The molecule has 0 saturated heterocycles. The highest BCUT2D eigenvalue weighted by atomic mass is 35.5. The van der Waals surface area contributed by atoms with Crippen molar-refractivity contribution < 1.29 is 14.3 Å². The third kappa shape index (κ3) is 7.09. The molecule has 0 unspecified atom stereocenters. The van der Waals surface area contributed by atoms with Gasteiger partial charge in [0.15, 0.2) is 0 Å². The van der Waals surface area contributed by atoms with Gasteiger partial charge in [-0.05, 0) is 50.3 Å². The number of ketones is 1. The average Bonchev–Trinajstić information content (AvgIpc) is 2.48. The van der Waals surface area contributed by atoms with E-state index >= 15 is 0 Å². The van der Waals surface area contributed by atoms with Crippen molar-refractivity contribution in [3.8, 4) is 0 Å². The Hall–Kier alpha value is -1.61. The third-order valence-corrected chi connectivity index (χ3v) is 3.48. The fourth-order valence-corrected chi connectivity index (χ4v) is 2.11. The zero-order chi connectivity index (χ0) is 15.7. The van der Waals surface area contributed by atoms with Gasteiger partial charge in [-0.3, -0.25) is 4.79 Å². The number of aryl methyl sites for hydroxylation is 1. The molecule has 114 valence electrons. The molecule has 1 rings (SSSR count). The van der Waals surface area contributed by atoms with E-state index in [4.69, 9.17) is 11.6 Å². The van der Waals surface area contributed by atoms with Crippen molar-refractivity contribution in [2.24, 2.45) is 0 Å². The summed E-state index contributed by atoms with van der Waals surface area (Å²) >= 11 is 5.84. The first-order valence-electron chi connectivity index (χ1n) is 7.04. The Morgan fingerprint density at radius 2 is 1.86 bits per heavy atom. The van der Waals surface area contributed by atoms with Crippen LogP contribution in [0.2, 0.25) is 5.02 Å². The summed E-state index contributed by atoms with van der Waals surface area (Å²) in [6, 6.07) is 7.85. The first-order valence-corrected chi connectivity index (χ1v) is 7.42. The van der Waals surface area contributed by atoms with Crippen LogP contribution in [-0.4, -0.2) is 18.9 Å². The molecule has 0 aliphatic rings. The van der Waals surface area contributed by atoms with E-state index in [1.807, 2.05) is 31.2 Å². The van der Waals surface area contributed by atoms with Gasteiger partial charge in [-0.15, -0.1) is 0 Å². The zero-order valence-electron chi connectivity index (χ0n) is 12.5. The largest absolute Gasteiger partial charge is 0.463 e. The predicted molar refractivity (Wildman–Crippen MR) is 84.4 cm³/mol. The van der Waals surface area contributed by atoms with Gasteiger partial charge in [0.1, 0.15) is 0 Å². The van der Waals surface area contributed by atoms with Crippen LogP contribution >= 0.6 is 11.6 Å². The Morgan fingerprint density at radius 3 is 2.48 bits per heavy atom. The van der Waals surface area contributed by atoms with E-state index in [1.54, 1.807) is 0 Å². The second kappa shape index (κ2) is 9.35. The number of rotatable bonds is 8. The van der Waals surface area contributed by atoms with Crippen molar-refractivity contribution in [3.63, 3.8) is 0 Å². The van der Waals surface area contributed by atoms with Gasteiger partial charge < -0.3 is 4.74 Å². The first kappa shape index (κ1) is 17.4. The van der Waals surface area contributed by atoms with Crippen molar-refractivity contribution in [2.45, 2.75) is 39.0 Å². The third-order valence-electron chi connectivity index (χ3n) is 3.23. The van der Waals surface area contributed by atoms with Crippen molar-refractivity contribution >= 4 is 23.4 Å². The van der Waals surface area contributed by atoms with Gasteiger partial charge in [-0.25, -0.2) is 4.79 Å². The van der Waals surface area contributed by atoms with Crippen molar-refractivity contribution in [3.05, 3.63) is 46.5 Å². The molecule has 0 heterocycles. The number of halogens is 1. The van der Waals surface area contributed by atoms with Gasteiger partial charge in [-0.1, -0.05) is 35.4 Å². The maximum absolute atomic E-state index is 11.3. The molecule has 0 bridgehead atoms. The highest BCUT2D eigenvalue weighted by Crippen LogP contribution is 2.13. The monoisotopic (exact) mass is 308 g/mol. The molecule has 0 fully saturated rings. The number of methoxy groups -OCH3 is 1. The predicted octanol–water partition coefficient (Wildman–Crippen LogP) is 4.13. The summed E-state index contributed by atoms with van der Waals surface area (Å²) in [6.07, 6.45) is 5.85. The quantitative estimate of drug-likeness (QED) is 0.412. The van der Waals surface area contributed by atoms with Crippen LogP contribution in [0.15, 0.2) is 35.9 Å². The molecule has 0 radical (unpaired) electrons. The molecule has 1 aromatic carbocycles. The molecule has 3 nitrogen and oxygen atoms in total. The number of Topliss-reactive ketones (excluding diaryl/α,β-unsaturated/α-hetero) is 1. The molecular formula is C17H21ClO3. The minimum absolute atomic E-state index is 0.245. The SMILES string of the molecule is COC(=O)C(=O)CCC/C(C)=C/CCc1ccc(Cl)cc1. The first-order chi connectivity index (χ1) is 10.0. The summed E-state index contributed by atoms with van der Waals surface area (Å²) in [7, 11) is 1.22. The molecule has 0 amide bonds. The van der Waals surface area contributed by atoms with Gasteiger partial charge in [0.2, 0.25) is 5.78 Å². The van der Waals surface area contributed by atoms with E-state index in [1.165, 1.54) is 18.2 Å². The summed E-state index contributed by atoms with van der Waals surface area (Å²) in [5.41, 5.74) is 2.49. The molecule has 0 atom stereocenters. The van der Waals surface area contributed by atoms with Gasteiger partial charge >= 0.3 is 5.97 Å². The zero-order valence-corrected chi connectivity index (χ0v) is 13.3. The Kier molecular flexibility index (Phi) is 7.76. The van der Waals surface area contributed by atoms with Gasteiger partial charge in [0.05, 0.1) is 7.11 Å². The van der Waals surface area contributed by atoms with E-state index in [0.29, 0.717) is 6.42 Å². The molecule has 4 heteroatoms. The highest BCUT2D eigenvalue weighted by Gasteiger charge is 2.12. The summed E-state index contributed by atoms with van der Waals surface area (Å²) in [5, 5.41) is 0.751. The van der Waals surface area contributed by atoms with Crippen LogP contribution in [-0.2, 0) is 20.7 Å². The van der Waals surface area contributed by atoms with Gasteiger partial charge in [-0.2, -0.15) is 0 Å². The molecule has 0 spiro atoms. The lowest BCUT2D eigenvalue weighted by atomic mass is 10.0. The molecular weight excluding hydrogens is 288 g/mol. The Morgan fingerprint density at radius 1 is 1.19 bits per heavy atom. The van der Waals surface area contributed by atoms with Crippen molar-refractivity contribution in [1.82, 2.24) is 0 Å². The van der Waals surface area contributed by atoms with Crippen LogP contribution in [0, 0.1) is 0 Å². The van der Waals surface area contributed by atoms with E-state index in [2.05, 4.69) is 10.8 Å². The molecule has 0 aromatic heterocycles. The average molecular weight is 309 g/mol. The standard InChI is InChI=1S/C17H21ClO3/c1-13(6-4-8-16(19)17(20)21-2)5-3-7-14-9-11-15(18)12-10-14/h5,9-12H,3-4,6-8H2,1-2H3/b13-5+. The number of esters is 1. The number of allylic oxidation sites excluding steroid dienone is 2. The highest BCUT2D eigenvalue weighted by molar-refractivity contribution is 6.33. The molecule has 1 aromatic rings. The lowest BCUT2D eigenvalue weighted by Crippen LogP contribution is -2.14. The second-order valence-electron chi connectivity index (χ2n) is 4.98. The maximum atomic E-state index is 11.3. The molecule has 0 saturated carbocycles. The topological polar surface area (TPSA) is 43.4 Å². The van der Waals surface area contributed by atoms with Crippen LogP contribution < -0.4 is 0 Å². The van der Waals surface area contributed by atoms with Gasteiger partial charge in [0.25, 0.3) is 0 Å². The van der Waals surface area contributed by atoms with E-state index in [9.17, 15) is 9.59 Å². The van der Waals surface area contributed by atoms with Crippen LogP contribution in [0.5, 0.6) is 0 Å². The van der Waals surface area contributed by atoms with Crippen molar-refractivity contribution in [1.29, 1.82) is 0 Å². The van der Waals surface area contributed by atoms with Crippen LogP contribution in [0.1, 0.15) is 38.2 Å².